The van der Waals surface area contributed by atoms with Crippen molar-refractivity contribution >= 4 is 0 Å². The molecule has 7 heteroatoms. The Bertz CT molecular complexity index is 634. The molecule has 3 rings (SSSR count). The summed E-state index contributed by atoms with van der Waals surface area (Å²) < 4.78 is 7.47. The molecule has 1 fully saturated rings. The number of aryl methyl sites for hydroxylation is 2. The Morgan fingerprint density at radius 1 is 1.45 bits per heavy atom. The van der Waals surface area contributed by atoms with Crippen LogP contribution in [0.15, 0.2) is 10.6 Å². The Balaban J connectivity index is 1.70. The van der Waals surface area contributed by atoms with Crippen molar-refractivity contribution in [1.82, 2.24) is 30.1 Å². The van der Waals surface area contributed by atoms with Crippen molar-refractivity contribution < 1.29 is 4.52 Å². The summed E-state index contributed by atoms with van der Waals surface area (Å²) in [5.41, 5.74) is 2.19. The fourth-order valence-electron chi connectivity index (χ4n) is 3.01. The second kappa shape index (κ2) is 6.18. The van der Waals surface area contributed by atoms with Crippen molar-refractivity contribution in [2.24, 2.45) is 0 Å². The molecule has 1 saturated heterocycles. The molecule has 1 N–H and O–H groups in total. The fourth-order valence-corrected chi connectivity index (χ4v) is 3.01. The zero-order valence-electron chi connectivity index (χ0n) is 13.7. The Kier molecular flexibility index (Phi) is 4.26. The van der Waals surface area contributed by atoms with Gasteiger partial charge in [0.1, 0.15) is 0 Å². The van der Waals surface area contributed by atoms with Gasteiger partial charge in [0.2, 0.25) is 5.89 Å². The van der Waals surface area contributed by atoms with Crippen molar-refractivity contribution in [1.29, 1.82) is 0 Å². The minimum absolute atomic E-state index is 0.190. The van der Waals surface area contributed by atoms with Crippen LogP contribution in [0, 0.1) is 13.8 Å². The molecular weight excluding hydrogens is 280 g/mol. The van der Waals surface area contributed by atoms with Crippen LogP contribution in [0.3, 0.4) is 0 Å². The number of rotatable bonds is 4. The van der Waals surface area contributed by atoms with Gasteiger partial charge in [-0.2, -0.15) is 10.1 Å². The SMILES string of the molecule is Cc1cc(C)n(C(C)Cc2nc(C3CNCCN3C)no2)n1. The molecule has 22 heavy (non-hydrogen) atoms. The molecule has 120 valence electrons. The van der Waals surface area contributed by atoms with E-state index in [1.165, 1.54) is 0 Å². The monoisotopic (exact) mass is 304 g/mol. The second-order valence-corrected chi connectivity index (χ2v) is 6.17. The van der Waals surface area contributed by atoms with Crippen LogP contribution in [0.4, 0.5) is 0 Å². The first-order chi connectivity index (χ1) is 10.5. The van der Waals surface area contributed by atoms with Gasteiger partial charge in [-0.15, -0.1) is 0 Å². The van der Waals surface area contributed by atoms with E-state index in [1.807, 2.05) is 11.6 Å². The lowest BCUT2D eigenvalue weighted by Crippen LogP contribution is -2.44. The van der Waals surface area contributed by atoms with E-state index in [2.05, 4.69) is 52.4 Å². The van der Waals surface area contributed by atoms with Crippen LogP contribution in [-0.2, 0) is 6.42 Å². The highest BCUT2D eigenvalue weighted by atomic mass is 16.5. The molecular formula is C15H24N6O. The van der Waals surface area contributed by atoms with Crippen molar-refractivity contribution in [3.05, 3.63) is 29.2 Å². The molecule has 1 aliphatic heterocycles. The van der Waals surface area contributed by atoms with Crippen molar-refractivity contribution in [2.75, 3.05) is 26.7 Å². The van der Waals surface area contributed by atoms with Crippen LogP contribution in [0.5, 0.6) is 0 Å². The zero-order valence-corrected chi connectivity index (χ0v) is 13.7. The van der Waals surface area contributed by atoms with Gasteiger partial charge in [-0.05, 0) is 33.9 Å². The number of piperazine rings is 1. The number of hydrogen-bond acceptors (Lipinski definition) is 6. The summed E-state index contributed by atoms with van der Waals surface area (Å²) in [5, 5.41) is 12.1. The smallest absolute Gasteiger partial charge is 0.228 e. The third kappa shape index (κ3) is 3.05. The minimum atomic E-state index is 0.190. The molecule has 2 aromatic rings. The maximum absolute atomic E-state index is 5.45. The second-order valence-electron chi connectivity index (χ2n) is 6.17. The lowest BCUT2D eigenvalue weighted by molar-refractivity contribution is 0.190. The van der Waals surface area contributed by atoms with Crippen molar-refractivity contribution in [2.45, 2.75) is 39.3 Å². The van der Waals surface area contributed by atoms with Crippen molar-refractivity contribution in [3.63, 3.8) is 0 Å². The summed E-state index contributed by atoms with van der Waals surface area (Å²) in [6.45, 7) is 9.06. The largest absolute Gasteiger partial charge is 0.339 e. The lowest BCUT2D eigenvalue weighted by atomic mass is 10.2. The van der Waals surface area contributed by atoms with E-state index in [0.29, 0.717) is 12.3 Å². The van der Waals surface area contributed by atoms with Crippen LogP contribution >= 0.6 is 0 Å². The number of nitrogens with one attached hydrogen (secondary N) is 1. The molecule has 3 heterocycles. The average Bonchev–Trinajstić information content (AvgIpc) is 3.06. The molecule has 0 bridgehead atoms. The van der Waals surface area contributed by atoms with Gasteiger partial charge in [0, 0.05) is 31.7 Å². The van der Waals surface area contributed by atoms with E-state index in [1.54, 1.807) is 0 Å². The number of hydrogen-bond donors (Lipinski definition) is 1. The Labute approximate surface area is 130 Å². The Morgan fingerprint density at radius 2 is 2.27 bits per heavy atom. The van der Waals surface area contributed by atoms with Crippen LogP contribution in [0.25, 0.3) is 0 Å². The van der Waals surface area contributed by atoms with Crippen LogP contribution < -0.4 is 5.32 Å². The molecule has 7 nitrogen and oxygen atoms in total. The summed E-state index contributed by atoms with van der Waals surface area (Å²) in [6, 6.07) is 2.47. The van der Waals surface area contributed by atoms with Crippen LogP contribution in [0.1, 0.15) is 42.1 Å². The van der Waals surface area contributed by atoms with Gasteiger partial charge in [0.05, 0.1) is 17.8 Å². The van der Waals surface area contributed by atoms with Crippen LogP contribution in [0.2, 0.25) is 0 Å². The third-order valence-corrected chi connectivity index (χ3v) is 4.23. The van der Waals surface area contributed by atoms with E-state index in [9.17, 15) is 0 Å². The van der Waals surface area contributed by atoms with Gasteiger partial charge < -0.3 is 9.84 Å². The minimum Gasteiger partial charge on any atom is -0.339 e. The molecule has 2 atom stereocenters. The highest BCUT2D eigenvalue weighted by molar-refractivity contribution is 5.08. The highest BCUT2D eigenvalue weighted by Crippen LogP contribution is 2.20. The van der Waals surface area contributed by atoms with E-state index >= 15 is 0 Å². The summed E-state index contributed by atoms with van der Waals surface area (Å²) >= 11 is 0. The molecule has 0 spiro atoms. The molecule has 2 unspecified atom stereocenters. The summed E-state index contributed by atoms with van der Waals surface area (Å²) in [6.07, 6.45) is 0.693. The van der Waals surface area contributed by atoms with Gasteiger partial charge in [-0.25, -0.2) is 0 Å². The lowest BCUT2D eigenvalue weighted by Gasteiger charge is -2.30. The topological polar surface area (TPSA) is 72.0 Å². The fraction of sp³-hybridized carbons (Fsp3) is 0.667. The van der Waals surface area contributed by atoms with Gasteiger partial charge in [-0.3, -0.25) is 9.58 Å². The standard InChI is InChI=1S/C15H24N6O/c1-10-7-11(2)21(18-10)12(3)8-14-17-15(19-22-14)13-9-16-5-6-20(13)4/h7,12-13,16H,5-6,8-9H2,1-4H3. The first-order valence-corrected chi connectivity index (χ1v) is 7.81. The predicted molar refractivity (Wildman–Crippen MR) is 82.7 cm³/mol. The van der Waals surface area contributed by atoms with Gasteiger partial charge >= 0.3 is 0 Å². The van der Waals surface area contributed by atoms with Crippen molar-refractivity contribution in [3.8, 4) is 0 Å². The van der Waals surface area contributed by atoms with E-state index in [0.717, 1.165) is 36.8 Å². The maximum atomic E-state index is 5.45. The summed E-state index contributed by atoms with van der Waals surface area (Å²) in [5.74, 6) is 1.44. The molecule has 0 saturated carbocycles. The van der Waals surface area contributed by atoms with Gasteiger partial charge in [-0.1, -0.05) is 5.16 Å². The highest BCUT2D eigenvalue weighted by Gasteiger charge is 2.25. The average molecular weight is 304 g/mol. The summed E-state index contributed by atoms with van der Waals surface area (Å²) in [4.78, 5) is 6.85. The number of nitrogens with zero attached hydrogens (tertiary/aromatic N) is 5. The third-order valence-electron chi connectivity index (χ3n) is 4.23. The van der Waals surface area contributed by atoms with E-state index in [-0.39, 0.29) is 12.1 Å². The van der Waals surface area contributed by atoms with E-state index in [4.69, 9.17) is 4.52 Å². The number of likely N-dealkylation sites (N-methyl/N-ethyl adjacent to an activating group) is 1. The quantitative estimate of drug-likeness (QED) is 0.917. The molecule has 0 radical (unpaired) electrons. The van der Waals surface area contributed by atoms with Gasteiger partial charge in [0.25, 0.3) is 0 Å². The van der Waals surface area contributed by atoms with Crippen LogP contribution in [-0.4, -0.2) is 51.5 Å². The molecule has 1 aliphatic rings. The Morgan fingerprint density at radius 3 is 2.95 bits per heavy atom. The Hall–Kier alpha value is -1.73. The van der Waals surface area contributed by atoms with E-state index < -0.39 is 0 Å². The normalized spacial score (nSPS) is 21.2. The molecule has 0 amide bonds. The molecule has 2 aromatic heterocycles. The summed E-state index contributed by atoms with van der Waals surface area (Å²) in [7, 11) is 2.10. The first kappa shape index (κ1) is 15.2. The maximum Gasteiger partial charge on any atom is 0.228 e. The number of aromatic nitrogens is 4. The molecule has 0 aliphatic carbocycles. The first-order valence-electron chi connectivity index (χ1n) is 7.81. The predicted octanol–water partition coefficient (Wildman–Crippen LogP) is 1.26. The van der Waals surface area contributed by atoms with Gasteiger partial charge in [0.15, 0.2) is 5.82 Å². The molecule has 0 aromatic carbocycles. The zero-order chi connectivity index (χ0) is 15.7.